The summed E-state index contributed by atoms with van der Waals surface area (Å²) in [5.41, 5.74) is 0.533. The van der Waals surface area contributed by atoms with E-state index in [9.17, 15) is 14.7 Å². The predicted octanol–water partition coefficient (Wildman–Crippen LogP) is 2.63. The molecule has 154 valence electrons. The number of phenols is 1. The number of piperidine rings is 1. The van der Waals surface area contributed by atoms with Gasteiger partial charge in [0.2, 0.25) is 5.91 Å². The lowest BCUT2D eigenvalue weighted by atomic mass is 9.91. The second kappa shape index (κ2) is 9.92. The Morgan fingerprint density at radius 1 is 1.18 bits per heavy atom. The zero-order valence-corrected chi connectivity index (χ0v) is 16.9. The molecule has 2 saturated heterocycles. The third-order valence-corrected chi connectivity index (χ3v) is 6.21. The number of rotatable bonds is 7. The molecule has 0 aliphatic carbocycles. The van der Waals surface area contributed by atoms with E-state index in [4.69, 9.17) is 0 Å². The Labute approximate surface area is 167 Å². The minimum Gasteiger partial charge on any atom is -0.508 e. The quantitative estimate of drug-likeness (QED) is 0.754. The van der Waals surface area contributed by atoms with Crippen molar-refractivity contribution in [2.75, 3.05) is 32.7 Å². The molecule has 0 saturated carbocycles. The van der Waals surface area contributed by atoms with Crippen LogP contribution in [0.5, 0.6) is 5.75 Å². The molecule has 2 amide bonds. The molecule has 0 bridgehead atoms. The first-order chi connectivity index (χ1) is 13.6. The minimum atomic E-state index is -0.0239. The van der Waals surface area contributed by atoms with Gasteiger partial charge in [-0.15, -0.1) is 0 Å². The molecule has 0 radical (unpaired) electrons. The highest BCUT2D eigenvalue weighted by Crippen LogP contribution is 2.24. The maximum Gasteiger partial charge on any atom is 0.253 e. The fraction of sp³-hybridized carbons (Fsp3) is 0.636. The second-order valence-corrected chi connectivity index (χ2v) is 8.05. The Morgan fingerprint density at radius 3 is 2.68 bits per heavy atom. The van der Waals surface area contributed by atoms with Crippen molar-refractivity contribution in [2.45, 2.75) is 51.5 Å². The lowest BCUT2D eigenvalue weighted by Crippen LogP contribution is -2.40. The van der Waals surface area contributed by atoms with Gasteiger partial charge in [-0.2, -0.15) is 0 Å². The third kappa shape index (κ3) is 5.47. The Kier molecular flexibility index (Phi) is 7.31. The Bertz CT molecular complexity index is 671. The van der Waals surface area contributed by atoms with E-state index in [1.807, 2.05) is 4.90 Å². The highest BCUT2D eigenvalue weighted by atomic mass is 16.3. The molecule has 0 aromatic heterocycles. The van der Waals surface area contributed by atoms with Crippen LogP contribution in [-0.4, -0.2) is 65.5 Å². The van der Waals surface area contributed by atoms with Crippen LogP contribution in [0.3, 0.4) is 0 Å². The summed E-state index contributed by atoms with van der Waals surface area (Å²) in [5.74, 6) is 0.745. The van der Waals surface area contributed by atoms with Crippen LogP contribution < -0.4 is 5.32 Å². The first-order valence-electron chi connectivity index (χ1n) is 10.7. The second-order valence-electron chi connectivity index (χ2n) is 8.05. The summed E-state index contributed by atoms with van der Waals surface area (Å²) < 4.78 is 0. The van der Waals surface area contributed by atoms with Crippen molar-refractivity contribution < 1.29 is 14.7 Å². The molecule has 2 aliphatic heterocycles. The normalized spacial score (nSPS) is 21.0. The molecule has 0 spiro atoms. The van der Waals surface area contributed by atoms with Gasteiger partial charge in [0.15, 0.2) is 0 Å². The first kappa shape index (κ1) is 20.6. The molecule has 2 heterocycles. The Hall–Kier alpha value is -2.08. The summed E-state index contributed by atoms with van der Waals surface area (Å²) >= 11 is 0. The molecule has 2 N–H and O–H groups in total. The van der Waals surface area contributed by atoms with Crippen molar-refractivity contribution in [1.29, 1.82) is 0 Å². The molecule has 28 heavy (non-hydrogen) atoms. The van der Waals surface area contributed by atoms with Crippen LogP contribution in [0.2, 0.25) is 0 Å². The standard InChI is InChI=1S/C22H33N3O3/c1-2-24-12-4-6-19(24)16-23-21(27)9-8-17-10-13-25(14-11-17)22(28)18-5-3-7-20(26)15-18/h3,5,7,15,17,19,26H,2,4,6,8-14,16H2,1H3,(H,23,27)/t19-/m0/s1. The maximum absolute atomic E-state index is 12.5. The highest BCUT2D eigenvalue weighted by molar-refractivity contribution is 5.94. The predicted molar refractivity (Wildman–Crippen MR) is 109 cm³/mol. The number of likely N-dealkylation sites (N-methyl/N-ethyl adjacent to an activating group) is 1. The zero-order valence-electron chi connectivity index (χ0n) is 16.9. The Morgan fingerprint density at radius 2 is 1.96 bits per heavy atom. The SMILES string of the molecule is CCN1CCC[C@H]1CNC(=O)CCC1CCN(C(=O)c2cccc(O)c2)CC1. The van der Waals surface area contributed by atoms with Gasteiger partial charge in [0, 0.05) is 37.7 Å². The number of amides is 2. The molecular formula is C22H33N3O3. The van der Waals surface area contributed by atoms with Crippen molar-refractivity contribution in [3.05, 3.63) is 29.8 Å². The summed E-state index contributed by atoms with van der Waals surface area (Å²) in [4.78, 5) is 29.0. The average molecular weight is 388 g/mol. The van der Waals surface area contributed by atoms with Crippen molar-refractivity contribution in [1.82, 2.24) is 15.1 Å². The molecule has 2 fully saturated rings. The fourth-order valence-corrected chi connectivity index (χ4v) is 4.44. The molecule has 1 aromatic rings. The van der Waals surface area contributed by atoms with Crippen LogP contribution in [0.1, 0.15) is 55.8 Å². The van der Waals surface area contributed by atoms with Crippen molar-refractivity contribution in [2.24, 2.45) is 5.92 Å². The zero-order chi connectivity index (χ0) is 19.9. The van der Waals surface area contributed by atoms with E-state index in [2.05, 4.69) is 17.1 Å². The topological polar surface area (TPSA) is 72.9 Å². The van der Waals surface area contributed by atoms with Gasteiger partial charge < -0.3 is 15.3 Å². The number of hydrogen-bond acceptors (Lipinski definition) is 4. The monoisotopic (exact) mass is 387 g/mol. The Balaban J connectivity index is 1.35. The molecule has 3 rings (SSSR count). The molecule has 2 aliphatic rings. The number of benzene rings is 1. The maximum atomic E-state index is 12.5. The van der Waals surface area contributed by atoms with Crippen molar-refractivity contribution in [3.63, 3.8) is 0 Å². The van der Waals surface area contributed by atoms with Gasteiger partial charge in [0.05, 0.1) is 0 Å². The molecule has 6 heteroatoms. The van der Waals surface area contributed by atoms with Crippen LogP contribution >= 0.6 is 0 Å². The van der Waals surface area contributed by atoms with Gasteiger partial charge in [-0.3, -0.25) is 14.5 Å². The van der Waals surface area contributed by atoms with Gasteiger partial charge in [0.25, 0.3) is 5.91 Å². The third-order valence-electron chi connectivity index (χ3n) is 6.21. The van der Waals surface area contributed by atoms with Crippen LogP contribution in [0.4, 0.5) is 0 Å². The number of phenolic OH excluding ortho intramolecular Hbond substituents is 1. The number of aromatic hydroxyl groups is 1. The lowest BCUT2D eigenvalue weighted by molar-refractivity contribution is -0.121. The van der Waals surface area contributed by atoms with Gasteiger partial charge in [-0.05, 0) is 69.3 Å². The summed E-state index contributed by atoms with van der Waals surface area (Å²) in [6, 6.07) is 7.02. The van der Waals surface area contributed by atoms with Crippen molar-refractivity contribution in [3.8, 4) is 5.75 Å². The lowest BCUT2D eigenvalue weighted by Gasteiger charge is -2.32. The summed E-state index contributed by atoms with van der Waals surface area (Å²) in [6.45, 7) is 6.58. The first-order valence-corrected chi connectivity index (χ1v) is 10.7. The van der Waals surface area contributed by atoms with E-state index >= 15 is 0 Å². The summed E-state index contributed by atoms with van der Waals surface area (Å²) in [5, 5.41) is 12.7. The molecule has 6 nitrogen and oxygen atoms in total. The van der Waals surface area contributed by atoms with E-state index in [1.54, 1.807) is 18.2 Å². The van der Waals surface area contributed by atoms with Crippen LogP contribution in [-0.2, 0) is 4.79 Å². The molecule has 1 atom stereocenters. The largest absolute Gasteiger partial charge is 0.508 e. The number of likely N-dealkylation sites (tertiary alicyclic amines) is 2. The van der Waals surface area contributed by atoms with E-state index in [0.29, 0.717) is 37.0 Å². The van der Waals surface area contributed by atoms with Gasteiger partial charge >= 0.3 is 0 Å². The van der Waals surface area contributed by atoms with Crippen LogP contribution in [0.15, 0.2) is 24.3 Å². The summed E-state index contributed by atoms with van der Waals surface area (Å²) in [6.07, 6.45) is 5.74. The number of nitrogens with one attached hydrogen (secondary N) is 1. The molecule has 0 unspecified atom stereocenters. The number of carbonyl (C=O) groups excluding carboxylic acids is 2. The fourth-order valence-electron chi connectivity index (χ4n) is 4.44. The van der Waals surface area contributed by atoms with E-state index < -0.39 is 0 Å². The molecular weight excluding hydrogens is 354 g/mol. The van der Waals surface area contributed by atoms with Crippen LogP contribution in [0.25, 0.3) is 0 Å². The number of nitrogens with zero attached hydrogens (tertiary/aromatic N) is 2. The average Bonchev–Trinajstić information content (AvgIpc) is 3.18. The van der Waals surface area contributed by atoms with Crippen LogP contribution in [0, 0.1) is 5.92 Å². The van der Waals surface area contributed by atoms with Gasteiger partial charge in [-0.25, -0.2) is 0 Å². The minimum absolute atomic E-state index is 0.0239. The smallest absolute Gasteiger partial charge is 0.253 e. The van der Waals surface area contributed by atoms with E-state index in [-0.39, 0.29) is 17.6 Å². The van der Waals surface area contributed by atoms with Gasteiger partial charge in [0.1, 0.15) is 5.75 Å². The van der Waals surface area contributed by atoms with Crippen molar-refractivity contribution >= 4 is 11.8 Å². The number of carbonyl (C=O) groups is 2. The molecule has 1 aromatic carbocycles. The van der Waals surface area contributed by atoms with E-state index in [0.717, 1.165) is 38.9 Å². The number of hydrogen-bond donors (Lipinski definition) is 2. The van der Waals surface area contributed by atoms with E-state index in [1.165, 1.54) is 18.9 Å². The highest BCUT2D eigenvalue weighted by Gasteiger charge is 2.25. The summed E-state index contributed by atoms with van der Waals surface area (Å²) in [7, 11) is 0. The van der Waals surface area contributed by atoms with Gasteiger partial charge in [-0.1, -0.05) is 13.0 Å².